The third-order valence-corrected chi connectivity index (χ3v) is 4.64. The van der Waals surface area contributed by atoms with Crippen LogP contribution in [0.2, 0.25) is 5.02 Å². The fraction of sp³-hybridized carbons (Fsp3) is 0.562. The molecule has 3 rings (SSSR count). The van der Waals surface area contributed by atoms with E-state index < -0.39 is 0 Å². The van der Waals surface area contributed by atoms with Crippen LogP contribution in [0.5, 0.6) is 0 Å². The third-order valence-electron chi connectivity index (χ3n) is 4.30. The van der Waals surface area contributed by atoms with Crippen LogP contribution in [0.15, 0.2) is 24.3 Å². The number of carbonyl (C=O) groups excluding carboxylic acids is 1. The number of piperazine rings is 1. The van der Waals surface area contributed by atoms with Gasteiger partial charge < -0.3 is 15.0 Å². The molecule has 0 spiro atoms. The van der Waals surface area contributed by atoms with E-state index in [0.29, 0.717) is 6.61 Å². The van der Waals surface area contributed by atoms with Crippen molar-refractivity contribution in [2.24, 2.45) is 5.92 Å². The van der Waals surface area contributed by atoms with E-state index in [4.69, 9.17) is 16.3 Å². The summed E-state index contributed by atoms with van der Waals surface area (Å²) in [6.07, 6.45) is 1.90. The van der Waals surface area contributed by atoms with Crippen LogP contribution in [-0.2, 0) is 9.53 Å². The monoisotopic (exact) mass is 308 g/mol. The molecule has 0 aliphatic carbocycles. The second-order valence-electron chi connectivity index (χ2n) is 5.69. The number of amides is 1. The molecule has 21 heavy (non-hydrogen) atoms. The minimum Gasteiger partial charge on any atom is -0.381 e. The molecular formula is C16H21ClN2O2. The van der Waals surface area contributed by atoms with E-state index in [1.807, 2.05) is 29.2 Å². The molecule has 2 saturated heterocycles. The third kappa shape index (κ3) is 3.23. The van der Waals surface area contributed by atoms with Gasteiger partial charge in [-0.25, -0.2) is 0 Å². The summed E-state index contributed by atoms with van der Waals surface area (Å²) < 4.78 is 5.47. The molecule has 114 valence electrons. The average Bonchev–Trinajstić information content (AvgIpc) is 2.55. The van der Waals surface area contributed by atoms with E-state index in [0.717, 1.165) is 49.7 Å². The predicted octanol–water partition coefficient (Wildman–Crippen LogP) is 2.24. The lowest BCUT2D eigenvalue weighted by Crippen LogP contribution is -2.51. The van der Waals surface area contributed by atoms with Crippen LogP contribution in [0.25, 0.3) is 0 Å². The molecule has 1 N–H and O–H groups in total. The zero-order chi connectivity index (χ0) is 14.7. The summed E-state index contributed by atoms with van der Waals surface area (Å²) in [6.45, 7) is 3.64. The lowest BCUT2D eigenvalue weighted by atomic mass is 9.97. The maximum atomic E-state index is 12.8. The summed E-state index contributed by atoms with van der Waals surface area (Å²) in [7, 11) is 0. The first-order valence-corrected chi connectivity index (χ1v) is 7.98. The van der Waals surface area contributed by atoms with E-state index in [9.17, 15) is 4.79 Å². The van der Waals surface area contributed by atoms with Crippen molar-refractivity contribution in [3.8, 4) is 0 Å². The molecule has 5 heteroatoms. The number of hydrogen-bond donors (Lipinski definition) is 1. The van der Waals surface area contributed by atoms with Crippen LogP contribution in [0.3, 0.4) is 0 Å². The predicted molar refractivity (Wildman–Crippen MR) is 82.3 cm³/mol. The van der Waals surface area contributed by atoms with Crippen molar-refractivity contribution < 1.29 is 9.53 Å². The standard InChI is InChI=1S/C16H21ClN2O2/c17-14-6-2-1-5-13(14)15-10-18-7-8-19(15)16(20)12-4-3-9-21-11-12/h1-2,5-6,12,15,18H,3-4,7-11H2. The SMILES string of the molecule is O=C(C1CCCOC1)N1CCNCC1c1ccccc1Cl. The number of carbonyl (C=O) groups is 1. The summed E-state index contributed by atoms with van der Waals surface area (Å²) >= 11 is 6.32. The van der Waals surface area contributed by atoms with Gasteiger partial charge in [-0.05, 0) is 24.5 Å². The maximum Gasteiger partial charge on any atom is 0.228 e. The van der Waals surface area contributed by atoms with Gasteiger partial charge in [0.05, 0.1) is 18.6 Å². The summed E-state index contributed by atoms with van der Waals surface area (Å²) in [5, 5.41) is 4.09. The van der Waals surface area contributed by atoms with Crippen molar-refractivity contribution >= 4 is 17.5 Å². The van der Waals surface area contributed by atoms with Crippen LogP contribution in [0, 0.1) is 5.92 Å². The molecule has 0 bridgehead atoms. The molecule has 1 aromatic carbocycles. The molecule has 2 aliphatic rings. The Hall–Kier alpha value is -1.10. The van der Waals surface area contributed by atoms with Crippen molar-refractivity contribution in [2.45, 2.75) is 18.9 Å². The summed E-state index contributed by atoms with van der Waals surface area (Å²) in [5.74, 6) is 0.211. The number of rotatable bonds is 2. The molecule has 2 atom stereocenters. The van der Waals surface area contributed by atoms with Gasteiger partial charge in [0.15, 0.2) is 0 Å². The Balaban J connectivity index is 1.81. The van der Waals surface area contributed by atoms with Crippen LogP contribution >= 0.6 is 11.6 Å². The van der Waals surface area contributed by atoms with Gasteiger partial charge in [0.1, 0.15) is 0 Å². The minimum absolute atomic E-state index is 0.00170. The molecule has 0 saturated carbocycles. The fourth-order valence-corrected chi connectivity index (χ4v) is 3.42. The Morgan fingerprint density at radius 2 is 2.24 bits per heavy atom. The Morgan fingerprint density at radius 3 is 3.00 bits per heavy atom. The molecule has 2 heterocycles. The zero-order valence-corrected chi connectivity index (χ0v) is 12.8. The Labute approximate surface area is 130 Å². The zero-order valence-electron chi connectivity index (χ0n) is 12.1. The second kappa shape index (κ2) is 6.77. The molecule has 0 radical (unpaired) electrons. The maximum absolute atomic E-state index is 12.8. The van der Waals surface area contributed by atoms with Gasteiger partial charge >= 0.3 is 0 Å². The number of hydrogen-bond acceptors (Lipinski definition) is 3. The lowest BCUT2D eigenvalue weighted by molar-refractivity contribution is -0.143. The molecule has 1 aromatic rings. The van der Waals surface area contributed by atoms with Crippen LogP contribution in [0.1, 0.15) is 24.4 Å². The number of nitrogens with one attached hydrogen (secondary N) is 1. The molecule has 1 amide bonds. The normalized spacial score (nSPS) is 26.6. The van der Waals surface area contributed by atoms with Crippen LogP contribution in [-0.4, -0.2) is 43.7 Å². The summed E-state index contributed by atoms with van der Waals surface area (Å²) in [6, 6.07) is 7.81. The number of ether oxygens (including phenoxy) is 1. The van der Waals surface area contributed by atoms with Gasteiger partial charge in [-0.3, -0.25) is 4.79 Å². The highest BCUT2D eigenvalue weighted by Crippen LogP contribution is 2.30. The van der Waals surface area contributed by atoms with Gasteiger partial charge in [0.2, 0.25) is 5.91 Å². The summed E-state index contributed by atoms with van der Waals surface area (Å²) in [5.41, 5.74) is 1.02. The average molecular weight is 309 g/mol. The first kappa shape index (κ1) is 14.8. The van der Waals surface area contributed by atoms with Gasteiger partial charge in [0.25, 0.3) is 0 Å². The van der Waals surface area contributed by atoms with Crippen LogP contribution in [0.4, 0.5) is 0 Å². The number of halogens is 1. The quantitative estimate of drug-likeness (QED) is 0.911. The smallest absolute Gasteiger partial charge is 0.228 e. The molecule has 4 nitrogen and oxygen atoms in total. The van der Waals surface area contributed by atoms with Crippen molar-refractivity contribution in [3.05, 3.63) is 34.9 Å². The van der Waals surface area contributed by atoms with E-state index in [1.54, 1.807) is 0 Å². The van der Waals surface area contributed by atoms with Gasteiger partial charge in [0, 0.05) is 31.3 Å². The topological polar surface area (TPSA) is 41.6 Å². The Bertz CT molecular complexity index is 503. The second-order valence-corrected chi connectivity index (χ2v) is 6.09. The number of nitrogens with zero attached hydrogens (tertiary/aromatic N) is 1. The lowest BCUT2D eigenvalue weighted by Gasteiger charge is -2.39. The highest BCUT2D eigenvalue weighted by Gasteiger charge is 2.33. The van der Waals surface area contributed by atoms with E-state index in [-0.39, 0.29) is 17.9 Å². The van der Waals surface area contributed by atoms with Crippen molar-refractivity contribution in [3.63, 3.8) is 0 Å². The van der Waals surface area contributed by atoms with Gasteiger partial charge in [-0.2, -0.15) is 0 Å². The largest absolute Gasteiger partial charge is 0.381 e. The van der Waals surface area contributed by atoms with E-state index in [2.05, 4.69) is 5.32 Å². The molecule has 0 aromatic heterocycles. The van der Waals surface area contributed by atoms with Crippen molar-refractivity contribution in [1.82, 2.24) is 10.2 Å². The van der Waals surface area contributed by atoms with Gasteiger partial charge in [-0.15, -0.1) is 0 Å². The van der Waals surface area contributed by atoms with Crippen LogP contribution < -0.4 is 5.32 Å². The molecule has 2 aliphatic heterocycles. The summed E-state index contributed by atoms with van der Waals surface area (Å²) in [4.78, 5) is 14.8. The number of benzene rings is 1. The van der Waals surface area contributed by atoms with Crippen molar-refractivity contribution in [2.75, 3.05) is 32.8 Å². The highest BCUT2D eigenvalue weighted by molar-refractivity contribution is 6.31. The van der Waals surface area contributed by atoms with Gasteiger partial charge in [-0.1, -0.05) is 29.8 Å². The van der Waals surface area contributed by atoms with E-state index >= 15 is 0 Å². The molecule has 2 fully saturated rings. The molecular weight excluding hydrogens is 288 g/mol. The minimum atomic E-state index is 0.00170. The fourth-order valence-electron chi connectivity index (χ4n) is 3.16. The Kier molecular flexibility index (Phi) is 4.78. The Morgan fingerprint density at radius 1 is 1.38 bits per heavy atom. The first-order valence-electron chi connectivity index (χ1n) is 7.61. The molecule has 2 unspecified atom stereocenters. The highest BCUT2D eigenvalue weighted by atomic mass is 35.5. The van der Waals surface area contributed by atoms with E-state index in [1.165, 1.54) is 0 Å². The van der Waals surface area contributed by atoms with Crippen molar-refractivity contribution in [1.29, 1.82) is 0 Å². The first-order chi connectivity index (χ1) is 10.3.